The predicted octanol–water partition coefficient (Wildman–Crippen LogP) is 4.03. The third-order valence-corrected chi connectivity index (χ3v) is 4.35. The molecule has 0 bridgehead atoms. The van der Waals surface area contributed by atoms with Crippen LogP contribution in [0, 0.1) is 0 Å². The maximum Gasteiger partial charge on any atom is 0.257 e. The lowest BCUT2D eigenvalue weighted by atomic mass is 10.1. The Labute approximate surface area is 169 Å². The van der Waals surface area contributed by atoms with Crippen molar-refractivity contribution in [1.29, 1.82) is 0 Å². The molecule has 152 valence electrons. The topological polar surface area (TPSA) is 74.0 Å². The number of hydrogen-bond acceptors (Lipinski definition) is 6. The number of ether oxygens (including phenoxy) is 3. The molecule has 0 spiro atoms. The summed E-state index contributed by atoms with van der Waals surface area (Å²) in [6.07, 6.45) is 1.55. The van der Waals surface area contributed by atoms with Crippen molar-refractivity contribution in [1.82, 2.24) is 9.88 Å². The van der Waals surface area contributed by atoms with Crippen LogP contribution in [0.5, 0.6) is 17.2 Å². The van der Waals surface area contributed by atoms with Crippen molar-refractivity contribution < 1.29 is 23.4 Å². The van der Waals surface area contributed by atoms with Gasteiger partial charge >= 0.3 is 0 Å². The Kier molecular flexibility index (Phi) is 6.39. The first-order valence-electron chi connectivity index (χ1n) is 9.21. The number of hydrogen-bond donors (Lipinski definition) is 0. The van der Waals surface area contributed by atoms with Gasteiger partial charge < -0.3 is 23.5 Å². The van der Waals surface area contributed by atoms with Crippen LogP contribution in [0.4, 0.5) is 0 Å². The summed E-state index contributed by atoms with van der Waals surface area (Å²) < 4.78 is 21.7. The molecule has 0 saturated heterocycles. The number of benzene rings is 2. The number of oxazole rings is 1. The van der Waals surface area contributed by atoms with Gasteiger partial charge in [0.1, 0.15) is 12.0 Å². The summed E-state index contributed by atoms with van der Waals surface area (Å²) in [5, 5.41) is 0. The van der Waals surface area contributed by atoms with Crippen LogP contribution in [0.3, 0.4) is 0 Å². The van der Waals surface area contributed by atoms with Gasteiger partial charge in [-0.1, -0.05) is 12.1 Å². The van der Waals surface area contributed by atoms with Crippen LogP contribution in [0.15, 0.2) is 53.1 Å². The van der Waals surface area contributed by atoms with Crippen molar-refractivity contribution in [2.75, 3.05) is 27.9 Å². The number of aromatic nitrogens is 1. The molecule has 7 heteroatoms. The zero-order valence-electron chi connectivity index (χ0n) is 17.0. The highest BCUT2D eigenvalue weighted by Crippen LogP contribution is 2.32. The third-order valence-electron chi connectivity index (χ3n) is 4.35. The summed E-state index contributed by atoms with van der Waals surface area (Å²) in [4.78, 5) is 18.9. The maximum absolute atomic E-state index is 12.8. The van der Waals surface area contributed by atoms with Crippen LogP contribution in [0.2, 0.25) is 0 Å². The van der Waals surface area contributed by atoms with Crippen LogP contribution in [0.1, 0.15) is 23.0 Å². The van der Waals surface area contributed by atoms with E-state index in [1.807, 2.05) is 25.1 Å². The van der Waals surface area contributed by atoms with E-state index >= 15 is 0 Å². The van der Waals surface area contributed by atoms with E-state index in [2.05, 4.69) is 4.98 Å². The normalized spacial score (nSPS) is 10.5. The zero-order valence-corrected chi connectivity index (χ0v) is 17.0. The minimum Gasteiger partial charge on any atom is -0.493 e. The van der Waals surface area contributed by atoms with Gasteiger partial charge in [-0.2, -0.15) is 0 Å². The number of para-hydroxylation sites is 1. The minimum atomic E-state index is -0.148. The molecule has 1 aromatic heterocycles. The number of carbonyl (C=O) groups is 1. The van der Waals surface area contributed by atoms with Gasteiger partial charge in [-0.25, -0.2) is 4.98 Å². The largest absolute Gasteiger partial charge is 0.493 e. The van der Waals surface area contributed by atoms with Crippen LogP contribution in [-0.2, 0) is 6.54 Å². The van der Waals surface area contributed by atoms with E-state index in [-0.39, 0.29) is 5.91 Å². The SMILES string of the molecule is CCOc1ccccc1C(=O)N(C)Cc1coc(-c2ccc(OC)c(OC)c2)n1. The first-order valence-corrected chi connectivity index (χ1v) is 9.21. The van der Waals surface area contributed by atoms with Crippen molar-refractivity contribution in [3.05, 3.63) is 60.0 Å². The summed E-state index contributed by atoms with van der Waals surface area (Å²) in [6, 6.07) is 12.6. The van der Waals surface area contributed by atoms with Crippen LogP contribution < -0.4 is 14.2 Å². The van der Waals surface area contributed by atoms with Gasteiger partial charge in [0.05, 0.1) is 38.6 Å². The Morgan fingerprint density at radius 2 is 1.83 bits per heavy atom. The Hall–Kier alpha value is -3.48. The van der Waals surface area contributed by atoms with Crippen LogP contribution >= 0.6 is 0 Å². The van der Waals surface area contributed by atoms with E-state index in [4.69, 9.17) is 18.6 Å². The molecule has 2 aromatic carbocycles. The fraction of sp³-hybridized carbons (Fsp3) is 0.273. The third kappa shape index (κ3) is 4.51. The zero-order chi connectivity index (χ0) is 20.8. The lowest BCUT2D eigenvalue weighted by Crippen LogP contribution is -2.26. The van der Waals surface area contributed by atoms with Gasteiger partial charge in [0.25, 0.3) is 5.91 Å². The summed E-state index contributed by atoms with van der Waals surface area (Å²) in [7, 11) is 4.87. The highest BCUT2D eigenvalue weighted by Gasteiger charge is 2.18. The van der Waals surface area contributed by atoms with E-state index in [0.29, 0.717) is 47.5 Å². The average molecular weight is 396 g/mol. The molecule has 0 N–H and O–H groups in total. The predicted molar refractivity (Wildman–Crippen MR) is 108 cm³/mol. The van der Waals surface area contributed by atoms with E-state index in [1.54, 1.807) is 56.7 Å². The number of nitrogens with zero attached hydrogens (tertiary/aromatic N) is 2. The molecule has 0 aliphatic carbocycles. The number of rotatable bonds is 8. The Morgan fingerprint density at radius 1 is 1.07 bits per heavy atom. The van der Waals surface area contributed by atoms with E-state index in [9.17, 15) is 4.79 Å². The van der Waals surface area contributed by atoms with Gasteiger partial charge in [0.15, 0.2) is 11.5 Å². The lowest BCUT2D eigenvalue weighted by molar-refractivity contribution is 0.0779. The second-order valence-corrected chi connectivity index (χ2v) is 6.30. The number of carbonyl (C=O) groups excluding carboxylic acids is 1. The molecule has 3 aromatic rings. The molecule has 29 heavy (non-hydrogen) atoms. The van der Waals surface area contributed by atoms with Gasteiger partial charge in [-0.3, -0.25) is 4.79 Å². The fourth-order valence-corrected chi connectivity index (χ4v) is 2.93. The average Bonchev–Trinajstić information content (AvgIpc) is 3.21. The minimum absolute atomic E-state index is 0.148. The lowest BCUT2D eigenvalue weighted by Gasteiger charge is -2.17. The maximum atomic E-state index is 12.8. The molecule has 0 atom stereocenters. The number of amides is 1. The Balaban J connectivity index is 1.75. The molecule has 0 saturated carbocycles. The van der Waals surface area contributed by atoms with Crippen molar-refractivity contribution in [3.8, 4) is 28.7 Å². The molecule has 1 heterocycles. The molecule has 0 fully saturated rings. The molecule has 0 aliphatic rings. The van der Waals surface area contributed by atoms with Gasteiger partial charge in [0, 0.05) is 12.6 Å². The summed E-state index contributed by atoms with van der Waals surface area (Å²) in [6.45, 7) is 2.68. The molecular weight excluding hydrogens is 372 g/mol. The van der Waals surface area contributed by atoms with Gasteiger partial charge in [-0.05, 0) is 37.3 Å². The number of methoxy groups -OCH3 is 2. The standard InChI is InChI=1S/C22H24N2O5/c1-5-28-18-9-7-6-8-17(18)22(25)24(2)13-16-14-29-21(23-16)15-10-11-19(26-3)20(12-15)27-4/h6-12,14H,5,13H2,1-4H3. The first-order chi connectivity index (χ1) is 14.1. The molecule has 7 nitrogen and oxygen atoms in total. The molecule has 3 rings (SSSR count). The Bertz CT molecular complexity index is 983. The van der Waals surface area contributed by atoms with E-state index in [1.165, 1.54) is 0 Å². The second kappa shape index (κ2) is 9.14. The van der Waals surface area contributed by atoms with Crippen LogP contribution in [-0.4, -0.2) is 43.7 Å². The highest BCUT2D eigenvalue weighted by atomic mass is 16.5. The molecule has 0 radical (unpaired) electrons. The highest BCUT2D eigenvalue weighted by molar-refractivity contribution is 5.96. The molecular formula is C22H24N2O5. The summed E-state index contributed by atoms with van der Waals surface area (Å²) in [5.74, 6) is 2.07. The van der Waals surface area contributed by atoms with Crippen LogP contribution in [0.25, 0.3) is 11.5 Å². The van der Waals surface area contributed by atoms with Crippen molar-refractivity contribution in [3.63, 3.8) is 0 Å². The quantitative estimate of drug-likeness (QED) is 0.572. The van der Waals surface area contributed by atoms with Crippen molar-refractivity contribution in [2.24, 2.45) is 0 Å². The molecule has 0 aliphatic heterocycles. The first kappa shape index (κ1) is 20.3. The smallest absolute Gasteiger partial charge is 0.257 e. The van der Waals surface area contributed by atoms with Crippen molar-refractivity contribution in [2.45, 2.75) is 13.5 Å². The van der Waals surface area contributed by atoms with Crippen molar-refractivity contribution >= 4 is 5.91 Å². The fourth-order valence-electron chi connectivity index (χ4n) is 2.93. The van der Waals surface area contributed by atoms with E-state index < -0.39 is 0 Å². The monoisotopic (exact) mass is 396 g/mol. The van der Waals surface area contributed by atoms with E-state index in [0.717, 1.165) is 5.56 Å². The summed E-state index contributed by atoms with van der Waals surface area (Å²) >= 11 is 0. The Morgan fingerprint density at radius 3 is 2.55 bits per heavy atom. The van der Waals surface area contributed by atoms with Gasteiger partial charge in [0.2, 0.25) is 5.89 Å². The summed E-state index contributed by atoms with van der Waals surface area (Å²) in [5.41, 5.74) is 1.91. The van der Waals surface area contributed by atoms with Gasteiger partial charge in [-0.15, -0.1) is 0 Å². The molecule has 0 unspecified atom stereocenters. The second-order valence-electron chi connectivity index (χ2n) is 6.30. The molecule has 1 amide bonds.